The Labute approximate surface area is 118 Å². The van der Waals surface area contributed by atoms with Crippen molar-refractivity contribution in [1.82, 2.24) is 10.4 Å². The maximum Gasteiger partial charge on any atom is 0.416 e. The van der Waals surface area contributed by atoms with Gasteiger partial charge in [0.2, 0.25) is 0 Å². The van der Waals surface area contributed by atoms with Crippen molar-refractivity contribution in [2.45, 2.75) is 12.2 Å². The molecule has 3 N–H and O–H groups in total. The van der Waals surface area contributed by atoms with Crippen molar-refractivity contribution in [3.63, 3.8) is 0 Å². The molecule has 1 aromatic carbocycles. The lowest BCUT2D eigenvalue weighted by atomic mass is 10.0. The molecule has 0 fully saturated rings. The Morgan fingerprint density at radius 3 is 2.50 bits per heavy atom. The molecule has 2 aromatic rings. The molecule has 0 spiro atoms. The van der Waals surface area contributed by atoms with Crippen molar-refractivity contribution < 1.29 is 13.2 Å². The number of hydrogen-bond acceptors (Lipinski definition) is 3. The van der Waals surface area contributed by atoms with Crippen LogP contribution in [-0.4, -0.2) is 4.98 Å². The quantitative estimate of drug-likeness (QED) is 0.675. The first kappa shape index (κ1) is 14.8. The number of benzene rings is 1. The van der Waals surface area contributed by atoms with Gasteiger partial charge in [-0.05, 0) is 29.8 Å². The average molecular weight is 302 g/mol. The second-order valence-electron chi connectivity index (χ2n) is 4.12. The fraction of sp³-hybridized carbons (Fsp3) is 0.154. The van der Waals surface area contributed by atoms with E-state index >= 15 is 0 Å². The highest BCUT2D eigenvalue weighted by molar-refractivity contribution is 6.30. The van der Waals surface area contributed by atoms with Gasteiger partial charge in [0.1, 0.15) is 0 Å². The molecule has 0 aliphatic heterocycles. The van der Waals surface area contributed by atoms with Crippen molar-refractivity contribution in [2.75, 3.05) is 0 Å². The zero-order valence-electron chi connectivity index (χ0n) is 10.2. The van der Waals surface area contributed by atoms with E-state index in [0.717, 1.165) is 12.1 Å². The van der Waals surface area contributed by atoms with E-state index in [1.54, 1.807) is 18.2 Å². The first-order valence-electron chi connectivity index (χ1n) is 5.66. The summed E-state index contributed by atoms with van der Waals surface area (Å²) in [6.45, 7) is 0. The summed E-state index contributed by atoms with van der Waals surface area (Å²) in [5.74, 6) is 5.43. The molecule has 1 unspecified atom stereocenters. The Balaban J connectivity index is 2.39. The van der Waals surface area contributed by atoms with E-state index in [0.29, 0.717) is 16.3 Å². The fourth-order valence-electron chi connectivity index (χ4n) is 1.80. The van der Waals surface area contributed by atoms with Gasteiger partial charge in [-0.15, -0.1) is 0 Å². The third-order valence-electron chi connectivity index (χ3n) is 2.76. The number of hydrogen-bond donors (Lipinski definition) is 2. The molecule has 0 saturated carbocycles. The lowest BCUT2D eigenvalue weighted by Gasteiger charge is -2.17. The van der Waals surface area contributed by atoms with Crippen LogP contribution in [0.25, 0.3) is 0 Å². The van der Waals surface area contributed by atoms with Crippen LogP contribution in [0.2, 0.25) is 5.02 Å². The van der Waals surface area contributed by atoms with Gasteiger partial charge in [-0.3, -0.25) is 10.8 Å². The standard InChI is InChI=1S/C13H11ClF3N3/c14-10-4-5-11(19-7-10)12(20-18)8-2-1-3-9(6-8)13(15,16)17/h1-7,12,20H,18H2. The minimum Gasteiger partial charge on any atom is -0.271 e. The summed E-state index contributed by atoms with van der Waals surface area (Å²) in [6, 6.07) is 7.49. The largest absolute Gasteiger partial charge is 0.416 e. The maximum absolute atomic E-state index is 12.7. The Hall–Kier alpha value is -1.63. The molecule has 0 aliphatic carbocycles. The van der Waals surface area contributed by atoms with E-state index in [1.807, 2.05) is 0 Å². The SMILES string of the molecule is NNC(c1cccc(C(F)(F)F)c1)c1ccc(Cl)cn1. The highest BCUT2D eigenvalue weighted by Crippen LogP contribution is 2.31. The zero-order valence-corrected chi connectivity index (χ0v) is 10.9. The Morgan fingerprint density at radius 2 is 1.95 bits per heavy atom. The number of nitrogens with one attached hydrogen (secondary N) is 1. The number of nitrogens with zero attached hydrogens (tertiary/aromatic N) is 1. The van der Waals surface area contributed by atoms with Gasteiger partial charge in [-0.2, -0.15) is 13.2 Å². The summed E-state index contributed by atoms with van der Waals surface area (Å²) in [7, 11) is 0. The van der Waals surface area contributed by atoms with Crippen molar-refractivity contribution in [3.8, 4) is 0 Å². The summed E-state index contributed by atoms with van der Waals surface area (Å²) >= 11 is 5.73. The van der Waals surface area contributed by atoms with Gasteiger partial charge >= 0.3 is 6.18 Å². The fourth-order valence-corrected chi connectivity index (χ4v) is 1.92. The van der Waals surface area contributed by atoms with Crippen LogP contribution in [0.5, 0.6) is 0 Å². The van der Waals surface area contributed by atoms with Crippen LogP contribution in [0.4, 0.5) is 13.2 Å². The number of halogens is 4. The van der Waals surface area contributed by atoms with Crippen LogP contribution in [0.1, 0.15) is 22.9 Å². The number of hydrazine groups is 1. The molecule has 1 aromatic heterocycles. The molecule has 2 rings (SSSR count). The second kappa shape index (κ2) is 5.78. The molecule has 1 atom stereocenters. The third kappa shape index (κ3) is 3.27. The minimum absolute atomic E-state index is 0.372. The van der Waals surface area contributed by atoms with Gasteiger partial charge in [0.05, 0.1) is 22.3 Å². The van der Waals surface area contributed by atoms with Crippen molar-refractivity contribution in [1.29, 1.82) is 0 Å². The van der Waals surface area contributed by atoms with Crippen LogP contribution >= 0.6 is 11.6 Å². The lowest BCUT2D eigenvalue weighted by Crippen LogP contribution is -2.29. The number of alkyl halides is 3. The Kier molecular flexibility index (Phi) is 4.27. The Bertz CT molecular complexity index is 584. The molecule has 3 nitrogen and oxygen atoms in total. The molecule has 20 heavy (non-hydrogen) atoms. The summed E-state index contributed by atoms with van der Waals surface area (Å²) in [5.41, 5.74) is 2.58. The molecule has 0 aliphatic rings. The average Bonchev–Trinajstić information content (AvgIpc) is 2.41. The topological polar surface area (TPSA) is 50.9 Å². The van der Waals surface area contributed by atoms with E-state index in [1.165, 1.54) is 12.3 Å². The highest BCUT2D eigenvalue weighted by atomic mass is 35.5. The molecule has 7 heteroatoms. The van der Waals surface area contributed by atoms with Gasteiger partial charge in [0.25, 0.3) is 0 Å². The summed E-state index contributed by atoms with van der Waals surface area (Å²) in [5, 5.41) is 0.438. The zero-order chi connectivity index (χ0) is 14.8. The van der Waals surface area contributed by atoms with Crippen molar-refractivity contribution in [3.05, 3.63) is 64.4 Å². The highest BCUT2D eigenvalue weighted by Gasteiger charge is 2.31. The van der Waals surface area contributed by atoms with E-state index in [-0.39, 0.29) is 0 Å². The monoisotopic (exact) mass is 301 g/mol. The molecule has 0 amide bonds. The molecular formula is C13H11ClF3N3. The van der Waals surface area contributed by atoms with E-state index in [2.05, 4.69) is 10.4 Å². The Morgan fingerprint density at radius 1 is 1.20 bits per heavy atom. The normalized spacial score (nSPS) is 13.2. The summed E-state index contributed by atoms with van der Waals surface area (Å²) in [6.07, 6.45) is -2.99. The van der Waals surface area contributed by atoms with Crippen LogP contribution in [0, 0.1) is 0 Å². The second-order valence-corrected chi connectivity index (χ2v) is 4.56. The number of nitrogens with two attached hydrogens (primary N) is 1. The molecule has 0 saturated heterocycles. The third-order valence-corrected chi connectivity index (χ3v) is 2.98. The van der Waals surface area contributed by atoms with Crippen LogP contribution in [0.3, 0.4) is 0 Å². The first-order valence-corrected chi connectivity index (χ1v) is 6.04. The van der Waals surface area contributed by atoms with Crippen LogP contribution < -0.4 is 11.3 Å². The first-order chi connectivity index (χ1) is 9.41. The molecular weight excluding hydrogens is 291 g/mol. The van der Waals surface area contributed by atoms with Gasteiger partial charge in [0, 0.05) is 6.20 Å². The lowest BCUT2D eigenvalue weighted by molar-refractivity contribution is -0.137. The predicted octanol–water partition coefficient (Wildman–Crippen LogP) is 3.31. The minimum atomic E-state index is -4.40. The molecule has 106 valence electrons. The number of pyridine rings is 1. The van der Waals surface area contributed by atoms with E-state index < -0.39 is 17.8 Å². The summed E-state index contributed by atoms with van der Waals surface area (Å²) in [4.78, 5) is 4.06. The maximum atomic E-state index is 12.7. The smallest absolute Gasteiger partial charge is 0.271 e. The van der Waals surface area contributed by atoms with Crippen molar-refractivity contribution in [2.24, 2.45) is 5.84 Å². The molecule has 0 bridgehead atoms. The number of rotatable bonds is 3. The molecule has 0 radical (unpaired) electrons. The van der Waals surface area contributed by atoms with Gasteiger partial charge in [-0.1, -0.05) is 23.7 Å². The van der Waals surface area contributed by atoms with Gasteiger partial charge in [-0.25, -0.2) is 5.43 Å². The van der Waals surface area contributed by atoms with Crippen LogP contribution in [0.15, 0.2) is 42.6 Å². The van der Waals surface area contributed by atoms with E-state index in [9.17, 15) is 13.2 Å². The van der Waals surface area contributed by atoms with Gasteiger partial charge < -0.3 is 0 Å². The predicted molar refractivity (Wildman–Crippen MR) is 69.9 cm³/mol. The van der Waals surface area contributed by atoms with E-state index in [4.69, 9.17) is 17.4 Å². The number of aromatic nitrogens is 1. The van der Waals surface area contributed by atoms with Crippen LogP contribution in [-0.2, 0) is 6.18 Å². The molecule has 1 heterocycles. The van der Waals surface area contributed by atoms with Crippen molar-refractivity contribution >= 4 is 11.6 Å². The van der Waals surface area contributed by atoms with Gasteiger partial charge in [0.15, 0.2) is 0 Å². The summed E-state index contributed by atoms with van der Waals surface area (Å²) < 4.78 is 38.1.